The van der Waals surface area contributed by atoms with Crippen LogP contribution in [-0.4, -0.2) is 188 Å². The Labute approximate surface area is 304 Å². The molecular formula is C33H43O21+. The van der Waals surface area contributed by atoms with Crippen LogP contribution in [0.2, 0.25) is 0 Å². The van der Waals surface area contributed by atoms with E-state index in [4.69, 9.17) is 28.4 Å². The van der Waals surface area contributed by atoms with E-state index in [0.717, 1.165) is 18.2 Å². The fourth-order valence-corrected chi connectivity index (χ4v) is 6.47. The van der Waals surface area contributed by atoms with E-state index >= 15 is 0 Å². The lowest BCUT2D eigenvalue weighted by Crippen LogP contribution is -2.64. The standard InChI is InChI=1S/C33H42O21/c34-7-18-21(40)24(43)27(46)31(51-18)49-16-5-11(37)4-15-12(16)6-17(29(48-15)10-1-2-13(38)14(39)3-10)50-33-30(26(45)23(42)20(9-36)53-33)54-32-28(47)25(44)22(41)19(8-35)52-32/h1-6,18-47H,7-9H2/p+1/t18-,19-,20-,21-,22-,23-,24+,25+,26+,27-,28-,29?,30-,31-,32+,33-/m1/s1. The highest BCUT2D eigenvalue weighted by atomic mass is 16.8. The Morgan fingerprint density at radius 3 is 1.72 bits per heavy atom. The average Bonchev–Trinajstić information content (AvgIpc) is 3.15. The van der Waals surface area contributed by atoms with Crippen molar-refractivity contribution in [2.24, 2.45) is 0 Å². The first-order valence-electron chi connectivity index (χ1n) is 16.7. The minimum atomic E-state index is -1.96. The van der Waals surface area contributed by atoms with Crippen molar-refractivity contribution in [3.63, 3.8) is 0 Å². The zero-order chi connectivity index (χ0) is 39.2. The summed E-state index contributed by atoms with van der Waals surface area (Å²) in [4.78, 5) is 0. The second-order valence-electron chi connectivity index (χ2n) is 13.1. The predicted molar refractivity (Wildman–Crippen MR) is 172 cm³/mol. The van der Waals surface area contributed by atoms with Crippen molar-refractivity contribution >= 4 is 6.08 Å². The smallest absolute Gasteiger partial charge is 0.270 e. The highest BCUT2D eigenvalue weighted by molar-refractivity contribution is 5.70. The molecule has 0 radical (unpaired) electrons. The van der Waals surface area contributed by atoms with Gasteiger partial charge < -0.3 is 105 Å². The molecule has 1 unspecified atom stereocenters. The van der Waals surface area contributed by atoms with Gasteiger partial charge in [-0.25, -0.2) is 0 Å². The molecule has 2 aromatic carbocycles. The molecule has 0 amide bonds. The van der Waals surface area contributed by atoms with Crippen molar-refractivity contribution < 1.29 is 105 Å². The summed E-state index contributed by atoms with van der Waals surface area (Å²) in [5, 5.41) is 144. The number of ether oxygens (including phenoxy) is 7. The van der Waals surface area contributed by atoms with E-state index in [2.05, 4.69) is 4.74 Å². The number of phenols is 3. The van der Waals surface area contributed by atoms with Crippen LogP contribution in [0.15, 0.2) is 36.1 Å². The fraction of sp³-hybridized carbons (Fsp3) is 0.576. The highest BCUT2D eigenvalue weighted by Crippen LogP contribution is 2.47. The summed E-state index contributed by atoms with van der Waals surface area (Å²) < 4.78 is 39.1. The lowest BCUT2D eigenvalue weighted by Gasteiger charge is -2.46. The molecule has 4 aliphatic heterocycles. The van der Waals surface area contributed by atoms with E-state index in [1.165, 1.54) is 18.2 Å². The van der Waals surface area contributed by atoms with Crippen molar-refractivity contribution in [1.29, 1.82) is 0 Å². The summed E-state index contributed by atoms with van der Waals surface area (Å²) in [6, 6.07) is 5.94. The maximum atomic E-state index is 11.2. The number of benzene rings is 2. The first kappa shape index (κ1) is 40.1. The largest absolute Gasteiger partial charge is 0.571 e. The SMILES string of the molecule is OC[C@H]1O[C@@H](Oc2cc(O)cc3c2C=C(O[C@@H]2O[C@H](CO)[C@@H](O)[C@H](O)[C@H]2O[C@@H]2O[C@H](CO)[C@@H](O)[C@H](O)[C@H]2O)C(c2ccc(O)c(O)c2)[OH+]3)[C@H](O)[C@@H](O)[C@@H]1O. The molecule has 3 fully saturated rings. The molecule has 0 aliphatic carbocycles. The molecule has 0 spiro atoms. The third-order valence-corrected chi connectivity index (χ3v) is 9.55. The topological polar surface area (TPSA) is 351 Å². The first-order chi connectivity index (χ1) is 25.7. The Balaban J connectivity index is 1.40. The Kier molecular flexibility index (Phi) is 12.0. The van der Waals surface area contributed by atoms with Crippen LogP contribution in [0.5, 0.6) is 28.7 Å². The lowest BCUT2D eigenvalue weighted by molar-refractivity contribution is -0.364. The summed E-state index contributed by atoms with van der Waals surface area (Å²) in [6.07, 6.45) is -26.2. The third-order valence-electron chi connectivity index (χ3n) is 9.55. The van der Waals surface area contributed by atoms with E-state index in [0.29, 0.717) is 0 Å². The molecule has 0 bridgehead atoms. The van der Waals surface area contributed by atoms with Crippen LogP contribution in [0.3, 0.4) is 0 Å². The van der Waals surface area contributed by atoms with Crippen LogP contribution < -0.4 is 4.74 Å². The van der Waals surface area contributed by atoms with E-state index in [9.17, 15) is 71.5 Å². The fourth-order valence-electron chi connectivity index (χ4n) is 6.47. The molecule has 54 heavy (non-hydrogen) atoms. The molecule has 21 heteroatoms. The van der Waals surface area contributed by atoms with Crippen molar-refractivity contribution in [3.05, 3.63) is 47.2 Å². The minimum absolute atomic E-state index is 0.0156. The van der Waals surface area contributed by atoms with Crippen molar-refractivity contribution in [3.8, 4) is 28.7 Å². The van der Waals surface area contributed by atoms with Gasteiger partial charge in [-0.15, -0.1) is 0 Å². The molecule has 300 valence electrons. The molecule has 3 saturated heterocycles. The Bertz CT molecular complexity index is 1640. The predicted octanol–water partition coefficient (Wildman–Crippen LogP) is -5.04. The van der Waals surface area contributed by atoms with Gasteiger partial charge in [0, 0.05) is 12.1 Å². The van der Waals surface area contributed by atoms with Gasteiger partial charge in [-0.2, -0.15) is 0 Å². The number of aliphatic hydroxyl groups excluding tert-OH is 11. The zero-order valence-electron chi connectivity index (χ0n) is 28.0. The van der Waals surface area contributed by atoms with Crippen LogP contribution in [0.4, 0.5) is 0 Å². The van der Waals surface area contributed by atoms with Gasteiger partial charge in [-0.05, 0) is 18.2 Å². The minimum Gasteiger partial charge on any atom is -0.571 e. The number of fused-ring (bicyclic) bond motifs is 1. The highest BCUT2D eigenvalue weighted by Gasteiger charge is 2.52. The van der Waals surface area contributed by atoms with Crippen molar-refractivity contribution in [1.82, 2.24) is 0 Å². The summed E-state index contributed by atoms with van der Waals surface area (Å²) in [5.74, 6) is -1.89. The van der Waals surface area contributed by atoms with E-state index in [1.807, 2.05) is 0 Å². The van der Waals surface area contributed by atoms with Crippen molar-refractivity contribution in [2.45, 2.75) is 98.2 Å². The zero-order valence-corrected chi connectivity index (χ0v) is 28.0. The number of rotatable bonds is 10. The Morgan fingerprint density at radius 1 is 0.574 bits per heavy atom. The van der Waals surface area contributed by atoms with Gasteiger partial charge in [0.15, 0.2) is 29.7 Å². The molecule has 21 nitrogen and oxygen atoms in total. The van der Waals surface area contributed by atoms with Gasteiger partial charge in [-0.1, -0.05) is 0 Å². The van der Waals surface area contributed by atoms with E-state index < -0.39 is 135 Å². The first-order valence-corrected chi connectivity index (χ1v) is 16.7. The summed E-state index contributed by atoms with van der Waals surface area (Å²) >= 11 is 0. The molecule has 0 aromatic heterocycles. The van der Waals surface area contributed by atoms with Crippen LogP contribution >= 0.6 is 0 Å². The Hall–Kier alpha value is -3.62. The number of hydrogen-bond acceptors (Lipinski definition) is 20. The van der Waals surface area contributed by atoms with Gasteiger partial charge in [0.1, 0.15) is 84.2 Å². The molecule has 2 aromatic rings. The van der Waals surface area contributed by atoms with Gasteiger partial charge in [-0.3, -0.25) is 0 Å². The number of aromatic hydroxyl groups is 4. The van der Waals surface area contributed by atoms with Crippen LogP contribution in [0.25, 0.3) is 6.08 Å². The van der Waals surface area contributed by atoms with E-state index in [-0.39, 0.29) is 28.4 Å². The lowest BCUT2D eigenvalue weighted by atomic mass is 9.97. The molecule has 15 N–H and O–H groups in total. The number of phenolic OH excluding ortho intramolecular Hbond substituents is 3. The van der Waals surface area contributed by atoms with Crippen molar-refractivity contribution in [2.75, 3.05) is 19.8 Å². The van der Waals surface area contributed by atoms with Gasteiger partial charge in [0.05, 0.1) is 31.5 Å². The summed E-state index contributed by atoms with van der Waals surface area (Å²) in [5.41, 5.74) is 0.198. The van der Waals surface area contributed by atoms with Gasteiger partial charge in [0.2, 0.25) is 12.6 Å². The average molecular weight is 776 g/mol. The summed E-state index contributed by atoms with van der Waals surface area (Å²) in [7, 11) is 0. The quantitative estimate of drug-likeness (QED) is 0.0793. The number of hydrogen-bond donors (Lipinski definition) is 14. The normalized spacial score (nSPS) is 39.6. The van der Waals surface area contributed by atoms with Gasteiger partial charge in [0.25, 0.3) is 11.9 Å². The van der Waals surface area contributed by atoms with Crippen LogP contribution in [0.1, 0.15) is 17.2 Å². The Morgan fingerprint density at radius 2 is 1.13 bits per heavy atom. The maximum Gasteiger partial charge on any atom is 0.270 e. The monoisotopic (exact) mass is 775 g/mol. The summed E-state index contributed by atoms with van der Waals surface area (Å²) in [6.45, 7) is -2.43. The third kappa shape index (κ3) is 7.62. The molecular weight excluding hydrogens is 732 g/mol. The maximum absolute atomic E-state index is 11.2. The molecule has 0 saturated carbocycles. The second-order valence-corrected chi connectivity index (χ2v) is 13.1. The number of aliphatic hydroxyl groups is 12. The van der Waals surface area contributed by atoms with Gasteiger partial charge >= 0.3 is 0 Å². The van der Waals surface area contributed by atoms with Crippen LogP contribution in [0, 0.1) is 0 Å². The molecule has 6 rings (SSSR count). The molecule has 16 atom stereocenters. The van der Waals surface area contributed by atoms with E-state index in [1.54, 1.807) is 0 Å². The van der Waals surface area contributed by atoms with Crippen LogP contribution in [-0.2, 0) is 23.7 Å². The molecule has 4 heterocycles. The molecule has 4 aliphatic rings. The second kappa shape index (κ2) is 16.2.